The summed E-state index contributed by atoms with van der Waals surface area (Å²) in [7, 11) is 5.81. The number of pyridine rings is 1. The van der Waals surface area contributed by atoms with Crippen LogP contribution in [0.1, 0.15) is 43.3 Å². The van der Waals surface area contributed by atoms with Crippen LogP contribution in [0.3, 0.4) is 0 Å². The van der Waals surface area contributed by atoms with Gasteiger partial charge in [0.25, 0.3) is 0 Å². The van der Waals surface area contributed by atoms with Gasteiger partial charge in [-0.3, -0.25) is 10.2 Å². The normalized spacial score (nSPS) is 10.1. The molecule has 27 heavy (non-hydrogen) atoms. The van der Waals surface area contributed by atoms with Gasteiger partial charge in [-0.2, -0.15) is 0 Å². The van der Waals surface area contributed by atoms with E-state index in [-0.39, 0.29) is 0 Å². The third kappa shape index (κ3) is 8.64. The Morgan fingerprint density at radius 2 is 2.04 bits per heavy atom. The Bertz CT molecular complexity index is 750. The molecule has 0 aliphatic rings. The largest absolute Gasteiger partial charge is 0.377 e. The van der Waals surface area contributed by atoms with E-state index in [0.29, 0.717) is 0 Å². The Kier molecular flexibility index (Phi) is 12.4. The van der Waals surface area contributed by atoms with Gasteiger partial charge in [-0.15, -0.1) is 17.9 Å². The molecule has 6 heteroatoms. The lowest BCUT2D eigenvalue weighted by Crippen LogP contribution is -2.11. The number of anilines is 1. The van der Waals surface area contributed by atoms with Crippen molar-refractivity contribution in [1.29, 1.82) is 5.41 Å². The molecule has 5 nitrogen and oxygen atoms in total. The Morgan fingerprint density at radius 3 is 2.41 bits per heavy atom. The van der Waals surface area contributed by atoms with E-state index in [4.69, 9.17) is 5.41 Å². The highest BCUT2D eigenvalue weighted by molar-refractivity contribution is 7.20. The van der Waals surface area contributed by atoms with Crippen LogP contribution < -0.4 is 4.90 Å². The van der Waals surface area contributed by atoms with Crippen LogP contribution in [-0.2, 0) is 0 Å². The molecular formula is C21H32N4OS. The molecule has 0 aliphatic heterocycles. The van der Waals surface area contributed by atoms with Gasteiger partial charge in [0.1, 0.15) is 4.83 Å². The number of rotatable bonds is 6. The third-order valence-corrected chi connectivity index (χ3v) is 4.66. The van der Waals surface area contributed by atoms with Crippen molar-refractivity contribution in [2.45, 2.75) is 33.6 Å². The second kappa shape index (κ2) is 13.7. The van der Waals surface area contributed by atoms with E-state index in [9.17, 15) is 4.79 Å². The van der Waals surface area contributed by atoms with Crippen molar-refractivity contribution in [2.24, 2.45) is 0 Å². The molecule has 2 aromatic heterocycles. The summed E-state index contributed by atoms with van der Waals surface area (Å²) in [5.41, 5.74) is 2.19. The SMILES string of the molecule is C/C=C(\C)N(C)C=N.C=CCCC.CN(C)c1ccnc2sc(C=O)cc12. The lowest BCUT2D eigenvalue weighted by molar-refractivity contribution is 0.112. The van der Waals surface area contributed by atoms with Crippen molar-refractivity contribution in [3.8, 4) is 0 Å². The average Bonchev–Trinajstić information content (AvgIpc) is 3.11. The second-order valence-electron chi connectivity index (χ2n) is 5.96. The zero-order chi connectivity index (χ0) is 20.8. The summed E-state index contributed by atoms with van der Waals surface area (Å²) >= 11 is 1.42. The summed E-state index contributed by atoms with van der Waals surface area (Å²) in [6.45, 7) is 9.61. The van der Waals surface area contributed by atoms with E-state index in [0.717, 1.165) is 39.2 Å². The predicted molar refractivity (Wildman–Crippen MR) is 120 cm³/mol. The topological polar surface area (TPSA) is 60.3 Å². The first kappa shape index (κ1) is 24.5. The number of allylic oxidation sites excluding steroid dienone is 3. The smallest absolute Gasteiger partial charge is 0.160 e. The minimum absolute atomic E-state index is 0.724. The molecule has 0 fully saturated rings. The number of aromatic nitrogens is 1. The number of aldehydes is 1. The highest BCUT2D eigenvalue weighted by atomic mass is 32.1. The van der Waals surface area contributed by atoms with Gasteiger partial charge in [0, 0.05) is 44.1 Å². The highest BCUT2D eigenvalue weighted by Crippen LogP contribution is 2.29. The first-order chi connectivity index (χ1) is 12.9. The van der Waals surface area contributed by atoms with Crippen molar-refractivity contribution >= 4 is 39.9 Å². The Balaban J connectivity index is 0.000000443. The average molecular weight is 389 g/mol. The maximum atomic E-state index is 10.6. The first-order valence-electron chi connectivity index (χ1n) is 8.84. The van der Waals surface area contributed by atoms with E-state index < -0.39 is 0 Å². The number of nitrogens with one attached hydrogen (secondary N) is 1. The molecule has 0 saturated heterocycles. The Labute approximate surface area is 167 Å². The molecule has 0 atom stereocenters. The molecule has 0 unspecified atom stereocenters. The van der Waals surface area contributed by atoms with Gasteiger partial charge in [0.15, 0.2) is 6.29 Å². The van der Waals surface area contributed by atoms with E-state index in [1.165, 1.54) is 24.1 Å². The van der Waals surface area contributed by atoms with Crippen LogP contribution in [0.5, 0.6) is 0 Å². The molecule has 0 bridgehead atoms. The van der Waals surface area contributed by atoms with Crippen LogP contribution in [0.4, 0.5) is 5.69 Å². The first-order valence-corrected chi connectivity index (χ1v) is 9.66. The maximum Gasteiger partial charge on any atom is 0.160 e. The number of hydrogen-bond acceptors (Lipinski definition) is 5. The van der Waals surface area contributed by atoms with Gasteiger partial charge in [-0.1, -0.05) is 25.5 Å². The van der Waals surface area contributed by atoms with Crippen LogP contribution in [0.15, 0.2) is 42.8 Å². The van der Waals surface area contributed by atoms with E-state index >= 15 is 0 Å². The number of hydrogen-bond donors (Lipinski definition) is 1. The molecule has 0 saturated carbocycles. The van der Waals surface area contributed by atoms with Crippen LogP contribution in [0.2, 0.25) is 0 Å². The molecule has 0 spiro atoms. The minimum atomic E-state index is 0.724. The Morgan fingerprint density at radius 1 is 1.37 bits per heavy atom. The zero-order valence-electron chi connectivity index (χ0n) is 17.3. The van der Waals surface area contributed by atoms with Gasteiger partial charge in [0.05, 0.1) is 11.2 Å². The number of carbonyl (C=O) groups excluding carboxylic acids is 1. The summed E-state index contributed by atoms with van der Waals surface area (Å²) in [4.78, 5) is 20.3. The van der Waals surface area contributed by atoms with Gasteiger partial charge in [0.2, 0.25) is 0 Å². The van der Waals surface area contributed by atoms with Gasteiger partial charge in [-0.25, -0.2) is 4.98 Å². The fraction of sp³-hybridized carbons (Fsp3) is 0.381. The molecule has 1 N–H and O–H groups in total. The molecular weight excluding hydrogens is 356 g/mol. The van der Waals surface area contributed by atoms with Crippen molar-refractivity contribution in [2.75, 3.05) is 26.0 Å². The molecule has 2 aromatic rings. The van der Waals surface area contributed by atoms with Crippen LogP contribution in [-0.4, -0.2) is 43.7 Å². The van der Waals surface area contributed by atoms with Crippen LogP contribution in [0, 0.1) is 5.41 Å². The number of fused-ring (bicyclic) bond motifs is 1. The van der Waals surface area contributed by atoms with E-state index in [2.05, 4.69) is 18.5 Å². The number of thiophene rings is 1. The van der Waals surface area contributed by atoms with Crippen molar-refractivity contribution in [3.63, 3.8) is 0 Å². The second-order valence-corrected chi connectivity index (χ2v) is 7.02. The lowest BCUT2D eigenvalue weighted by atomic mass is 10.2. The number of unbranched alkanes of at least 4 members (excludes halogenated alkanes) is 1. The fourth-order valence-electron chi connectivity index (χ4n) is 1.90. The quantitative estimate of drug-likeness (QED) is 0.303. The predicted octanol–water partition coefficient (Wildman–Crippen LogP) is 5.60. The molecule has 148 valence electrons. The fourth-order valence-corrected chi connectivity index (χ4v) is 2.74. The van der Waals surface area contributed by atoms with Crippen LogP contribution >= 0.6 is 11.3 Å². The minimum Gasteiger partial charge on any atom is -0.377 e. The molecule has 0 amide bonds. The maximum absolute atomic E-state index is 10.6. The Hall–Kier alpha value is -2.47. The zero-order valence-corrected chi connectivity index (χ0v) is 18.1. The third-order valence-electron chi connectivity index (χ3n) is 3.69. The molecule has 2 rings (SSSR count). The lowest BCUT2D eigenvalue weighted by Gasteiger charge is -2.12. The van der Waals surface area contributed by atoms with Gasteiger partial charge in [-0.05, 0) is 32.4 Å². The van der Waals surface area contributed by atoms with E-state index in [1.54, 1.807) is 11.1 Å². The summed E-state index contributed by atoms with van der Waals surface area (Å²) in [5.74, 6) is 0. The summed E-state index contributed by atoms with van der Waals surface area (Å²) in [6, 6.07) is 3.83. The number of nitrogens with zero attached hydrogens (tertiary/aromatic N) is 3. The van der Waals surface area contributed by atoms with E-state index in [1.807, 2.05) is 64.2 Å². The standard InChI is InChI=1S/C10H10N2OS.C6H12N2.C5H10/c1-12(2)9-3-4-11-10-8(9)5-7(6-13)14-10;1-4-6(2)8(3)5-7;1-3-5-4-2/h3-6H,1-2H3;4-5,7H,1-3H3;3H,1,4-5H2,2H3/b;6-4+,7-5?;. The van der Waals surface area contributed by atoms with Crippen molar-refractivity contribution in [3.05, 3.63) is 47.6 Å². The summed E-state index contributed by atoms with van der Waals surface area (Å²) in [5, 5.41) is 7.85. The van der Waals surface area contributed by atoms with Gasteiger partial charge < -0.3 is 9.80 Å². The molecule has 2 heterocycles. The molecule has 0 aliphatic carbocycles. The van der Waals surface area contributed by atoms with Crippen LogP contribution in [0.25, 0.3) is 10.2 Å². The summed E-state index contributed by atoms with van der Waals surface area (Å²) in [6.07, 6.45) is 10.2. The van der Waals surface area contributed by atoms with Gasteiger partial charge >= 0.3 is 0 Å². The number of carbonyl (C=O) groups is 1. The summed E-state index contributed by atoms with van der Waals surface area (Å²) < 4.78 is 0. The van der Waals surface area contributed by atoms with Crippen molar-refractivity contribution < 1.29 is 4.79 Å². The van der Waals surface area contributed by atoms with Crippen molar-refractivity contribution in [1.82, 2.24) is 9.88 Å². The monoisotopic (exact) mass is 388 g/mol. The molecule has 0 aromatic carbocycles. The highest BCUT2D eigenvalue weighted by Gasteiger charge is 2.07. The molecule has 0 radical (unpaired) electrons.